The van der Waals surface area contributed by atoms with Gasteiger partial charge in [-0.2, -0.15) is 0 Å². The van der Waals surface area contributed by atoms with Gasteiger partial charge in [-0.3, -0.25) is 14.4 Å². The summed E-state index contributed by atoms with van der Waals surface area (Å²) in [5, 5.41) is 3.55. The predicted octanol–water partition coefficient (Wildman–Crippen LogP) is 4.72. The molecular weight excluding hydrogens is 434 g/mol. The Balaban J connectivity index is 1.35. The van der Waals surface area contributed by atoms with Crippen molar-refractivity contribution in [3.63, 3.8) is 0 Å². The monoisotopic (exact) mass is 447 g/mol. The van der Waals surface area contributed by atoms with Crippen LogP contribution in [0.4, 0.5) is 5.69 Å². The number of aromatic amines is 1. The van der Waals surface area contributed by atoms with Crippen molar-refractivity contribution in [1.82, 2.24) is 9.97 Å². The lowest BCUT2D eigenvalue weighted by molar-refractivity contribution is -0.113. The molecule has 4 aromatic rings. The van der Waals surface area contributed by atoms with E-state index in [0.29, 0.717) is 16.3 Å². The van der Waals surface area contributed by atoms with Gasteiger partial charge in [0, 0.05) is 22.3 Å². The lowest BCUT2D eigenvalue weighted by Crippen LogP contribution is -2.22. The molecule has 0 aliphatic heterocycles. The molecule has 3 aromatic carbocycles. The smallest absolute Gasteiger partial charge is 0.234 e. The van der Waals surface area contributed by atoms with Crippen LogP contribution >= 0.6 is 23.4 Å². The van der Waals surface area contributed by atoms with Crippen molar-refractivity contribution in [1.29, 1.82) is 0 Å². The van der Waals surface area contributed by atoms with Crippen LogP contribution in [0, 0.1) is 0 Å². The third-order valence-electron chi connectivity index (χ3n) is 4.99. The maximum atomic E-state index is 12.9. The number of halogens is 1. The molecule has 0 saturated heterocycles. The van der Waals surface area contributed by atoms with Crippen molar-refractivity contribution >= 4 is 57.6 Å². The van der Waals surface area contributed by atoms with E-state index in [1.807, 2.05) is 24.3 Å². The molecule has 1 amide bonds. The van der Waals surface area contributed by atoms with E-state index in [1.165, 1.54) is 23.9 Å². The number of benzene rings is 3. The van der Waals surface area contributed by atoms with E-state index in [9.17, 15) is 14.4 Å². The number of nitrogens with zero attached hydrogens (tertiary/aromatic N) is 1. The Morgan fingerprint density at radius 1 is 0.935 bits per heavy atom. The Bertz CT molecular complexity index is 1360. The van der Waals surface area contributed by atoms with Crippen LogP contribution in [-0.2, 0) is 4.79 Å². The van der Waals surface area contributed by atoms with E-state index in [1.54, 1.807) is 24.3 Å². The Morgan fingerprint density at radius 3 is 2.29 bits per heavy atom. The summed E-state index contributed by atoms with van der Waals surface area (Å²) in [6.45, 7) is 0. The summed E-state index contributed by atoms with van der Waals surface area (Å²) in [5.41, 5.74) is 3.18. The molecule has 1 aliphatic carbocycles. The van der Waals surface area contributed by atoms with Gasteiger partial charge in [0.2, 0.25) is 5.91 Å². The first kappa shape index (κ1) is 19.5. The number of carbonyl (C=O) groups excluding carboxylic acids is 3. The van der Waals surface area contributed by atoms with E-state index in [2.05, 4.69) is 15.3 Å². The number of rotatable bonds is 4. The van der Waals surface area contributed by atoms with Crippen molar-refractivity contribution in [3.8, 4) is 0 Å². The zero-order valence-corrected chi connectivity index (χ0v) is 17.5. The van der Waals surface area contributed by atoms with Crippen molar-refractivity contribution in [3.05, 3.63) is 87.9 Å². The average Bonchev–Trinajstić information content (AvgIpc) is 3.20. The van der Waals surface area contributed by atoms with Crippen LogP contribution in [0.5, 0.6) is 0 Å². The van der Waals surface area contributed by atoms with Crippen molar-refractivity contribution in [2.24, 2.45) is 0 Å². The maximum absolute atomic E-state index is 12.9. The van der Waals surface area contributed by atoms with E-state index >= 15 is 0 Å². The van der Waals surface area contributed by atoms with Crippen molar-refractivity contribution in [2.45, 2.75) is 5.16 Å². The van der Waals surface area contributed by atoms with Crippen LogP contribution in [0.2, 0.25) is 5.02 Å². The van der Waals surface area contributed by atoms with E-state index in [4.69, 9.17) is 11.6 Å². The molecule has 8 heteroatoms. The predicted molar refractivity (Wildman–Crippen MR) is 120 cm³/mol. The summed E-state index contributed by atoms with van der Waals surface area (Å²) in [7, 11) is 0. The lowest BCUT2D eigenvalue weighted by Gasteiger charge is -2.19. The number of imidazole rings is 1. The van der Waals surface area contributed by atoms with Gasteiger partial charge in [-0.05, 0) is 24.3 Å². The molecule has 0 saturated carbocycles. The number of aromatic nitrogens is 2. The fourth-order valence-electron chi connectivity index (χ4n) is 3.53. The topological polar surface area (TPSA) is 91.9 Å². The Kier molecular flexibility index (Phi) is 4.84. The van der Waals surface area contributed by atoms with E-state index in [0.717, 1.165) is 11.0 Å². The summed E-state index contributed by atoms with van der Waals surface area (Å²) in [5.74, 6) is -0.732. The van der Waals surface area contributed by atoms with Gasteiger partial charge in [0.15, 0.2) is 16.7 Å². The Morgan fingerprint density at radius 2 is 1.58 bits per heavy atom. The van der Waals surface area contributed by atoms with Gasteiger partial charge in [-0.1, -0.05) is 59.8 Å². The lowest BCUT2D eigenvalue weighted by atomic mass is 9.84. The zero-order chi connectivity index (χ0) is 21.5. The van der Waals surface area contributed by atoms with Crippen LogP contribution in [-0.4, -0.2) is 33.2 Å². The molecule has 0 unspecified atom stereocenters. The van der Waals surface area contributed by atoms with Gasteiger partial charge < -0.3 is 10.3 Å². The van der Waals surface area contributed by atoms with Gasteiger partial charge in [-0.15, -0.1) is 0 Å². The fraction of sp³-hybridized carbons (Fsp3) is 0.0435. The standard InChI is InChI=1S/C23H14ClN3O3S/c24-16-9-14-15(22(30)13-6-2-1-5-12(13)21(14)29)10-19(16)25-20(28)11-31-23-26-17-7-3-4-8-18(17)27-23/h1-10H,11H2,(H,25,28)(H,26,27). The van der Waals surface area contributed by atoms with Crippen LogP contribution in [0.15, 0.2) is 65.8 Å². The molecule has 0 radical (unpaired) electrons. The first-order chi connectivity index (χ1) is 15.0. The molecule has 1 aromatic heterocycles. The summed E-state index contributed by atoms with van der Waals surface area (Å²) in [6.07, 6.45) is 0. The highest BCUT2D eigenvalue weighted by molar-refractivity contribution is 7.99. The quantitative estimate of drug-likeness (QED) is 0.389. The molecule has 5 rings (SSSR count). The molecular formula is C23H14ClN3O3S. The highest BCUT2D eigenvalue weighted by Crippen LogP contribution is 2.33. The maximum Gasteiger partial charge on any atom is 0.234 e. The number of nitrogens with one attached hydrogen (secondary N) is 2. The minimum atomic E-state index is -0.303. The van der Waals surface area contributed by atoms with Gasteiger partial charge >= 0.3 is 0 Å². The van der Waals surface area contributed by atoms with Crippen LogP contribution < -0.4 is 5.32 Å². The van der Waals surface area contributed by atoms with Gasteiger partial charge in [0.1, 0.15) is 0 Å². The number of thioether (sulfide) groups is 1. The number of hydrogen-bond acceptors (Lipinski definition) is 5. The molecule has 0 spiro atoms. The Labute approximate surface area is 186 Å². The third kappa shape index (κ3) is 3.52. The largest absolute Gasteiger partial charge is 0.333 e. The molecule has 1 aliphatic rings. The average molecular weight is 448 g/mol. The summed E-state index contributed by atoms with van der Waals surface area (Å²) < 4.78 is 0. The molecule has 6 nitrogen and oxygen atoms in total. The summed E-state index contributed by atoms with van der Waals surface area (Å²) in [6, 6.07) is 17.2. The number of ketones is 2. The number of anilines is 1. The van der Waals surface area contributed by atoms with E-state index < -0.39 is 0 Å². The fourth-order valence-corrected chi connectivity index (χ4v) is 4.43. The molecule has 152 valence electrons. The van der Waals surface area contributed by atoms with Crippen molar-refractivity contribution < 1.29 is 14.4 Å². The van der Waals surface area contributed by atoms with Crippen LogP contribution in [0.25, 0.3) is 11.0 Å². The molecule has 0 atom stereocenters. The highest BCUT2D eigenvalue weighted by atomic mass is 35.5. The second-order valence-electron chi connectivity index (χ2n) is 6.98. The first-order valence-corrected chi connectivity index (χ1v) is 10.8. The van der Waals surface area contributed by atoms with Crippen LogP contribution in [0.3, 0.4) is 0 Å². The Hall–Kier alpha value is -3.42. The number of hydrogen-bond donors (Lipinski definition) is 2. The number of para-hydroxylation sites is 2. The number of carbonyl (C=O) groups is 3. The SMILES string of the molecule is O=C(CSc1nc2ccccc2[nH]1)Nc1cc2c(cc1Cl)C(=O)c1ccccc1C2=O. The van der Waals surface area contributed by atoms with Gasteiger partial charge in [0.05, 0.1) is 27.5 Å². The van der Waals surface area contributed by atoms with Gasteiger partial charge in [-0.25, -0.2) is 4.98 Å². The number of fused-ring (bicyclic) bond motifs is 3. The normalized spacial score (nSPS) is 12.5. The summed E-state index contributed by atoms with van der Waals surface area (Å²) in [4.78, 5) is 45.7. The van der Waals surface area contributed by atoms with Gasteiger partial charge in [0.25, 0.3) is 0 Å². The molecule has 0 bridgehead atoms. The van der Waals surface area contributed by atoms with Crippen molar-refractivity contribution in [2.75, 3.05) is 11.1 Å². The molecule has 31 heavy (non-hydrogen) atoms. The third-order valence-corrected chi connectivity index (χ3v) is 6.18. The zero-order valence-electron chi connectivity index (χ0n) is 15.9. The minimum Gasteiger partial charge on any atom is -0.333 e. The second kappa shape index (κ2) is 7.68. The molecule has 0 fully saturated rings. The number of H-pyrrole nitrogens is 1. The van der Waals surface area contributed by atoms with E-state index in [-0.39, 0.29) is 45.1 Å². The van der Waals surface area contributed by atoms with Crippen LogP contribution in [0.1, 0.15) is 31.8 Å². The molecule has 2 N–H and O–H groups in total. The second-order valence-corrected chi connectivity index (χ2v) is 8.35. The number of amides is 1. The highest BCUT2D eigenvalue weighted by Gasteiger charge is 2.30. The first-order valence-electron chi connectivity index (χ1n) is 9.40. The molecule has 1 heterocycles. The summed E-state index contributed by atoms with van der Waals surface area (Å²) >= 11 is 7.57. The minimum absolute atomic E-state index is 0.100.